The van der Waals surface area contributed by atoms with Gasteiger partial charge in [-0.2, -0.15) is 0 Å². The molecule has 0 atom stereocenters. The summed E-state index contributed by atoms with van der Waals surface area (Å²) < 4.78 is 0. The van der Waals surface area contributed by atoms with Gasteiger partial charge in [0.15, 0.2) is 0 Å². The van der Waals surface area contributed by atoms with Crippen molar-refractivity contribution in [3.05, 3.63) is 214 Å². The zero-order chi connectivity index (χ0) is 39.8. The Morgan fingerprint density at radius 2 is 0.603 bits per heavy atom. The predicted molar refractivity (Wildman–Crippen MR) is 253 cm³/mol. The van der Waals surface area contributed by atoms with Gasteiger partial charge in [-0.3, -0.25) is 0 Å². The normalized spacial score (nSPS) is 12.3. The molecule has 0 aromatic heterocycles. The summed E-state index contributed by atoms with van der Waals surface area (Å²) in [4.78, 5) is 0. The third kappa shape index (κ3) is 5.82. The molecule has 10 aromatic carbocycles. The summed E-state index contributed by atoms with van der Waals surface area (Å²) in [5.41, 5.74) is 12.4. The van der Waals surface area contributed by atoms with Crippen molar-refractivity contribution in [2.45, 2.75) is 52.4 Å². The number of hydrogen-bond acceptors (Lipinski definition) is 0. The molecule has 10 rings (SSSR count). The highest BCUT2D eigenvalue weighted by molar-refractivity contribution is 6.41. The summed E-state index contributed by atoms with van der Waals surface area (Å²) in [6.45, 7) is 14.2. The maximum Gasteiger partial charge on any atom is -0.000742 e. The van der Waals surface area contributed by atoms with E-state index in [1.165, 1.54) is 110 Å². The van der Waals surface area contributed by atoms with E-state index in [1.807, 2.05) is 0 Å². The van der Waals surface area contributed by atoms with Gasteiger partial charge in [0.2, 0.25) is 0 Å². The SMILES string of the molecule is CC(C)(C)c1cc2c(C=C(c3ccccc3)c3ccccc3)c3cccc4c(C(C)(C)C)cc5c(C=C(c6ccccc6)c6ccccc6)c6cccc1c6c2c5c43. The Morgan fingerprint density at radius 3 is 0.897 bits per heavy atom. The maximum absolute atomic E-state index is 2.55. The van der Waals surface area contributed by atoms with Crippen molar-refractivity contribution in [3.8, 4) is 0 Å². The van der Waals surface area contributed by atoms with Crippen LogP contribution in [0.15, 0.2) is 170 Å². The third-order valence-electron chi connectivity index (χ3n) is 12.3. The van der Waals surface area contributed by atoms with Gasteiger partial charge in [-0.1, -0.05) is 199 Å². The lowest BCUT2D eigenvalue weighted by Crippen LogP contribution is -2.14. The summed E-state index contributed by atoms with van der Waals surface area (Å²) in [6, 6.07) is 62.9. The molecule has 0 aliphatic rings. The van der Waals surface area contributed by atoms with Gasteiger partial charge in [0.25, 0.3) is 0 Å². The Morgan fingerprint density at radius 1 is 0.310 bits per heavy atom. The van der Waals surface area contributed by atoms with Crippen molar-refractivity contribution in [2.24, 2.45) is 0 Å². The molecule has 0 aliphatic carbocycles. The fraction of sp³-hybridized carbons (Fsp3) is 0.138. The second kappa shape index (κ2) is 13.6. The van der Waals surface area contributed by atoms with Crippen LogP contribution in [0.5, 0.6) is 0 Å². The quantitative estimate of drug-likeness (QED) is 0.0903. The van der Waals surface area contributed by atoms with Crippen molar-refractivity contribution in [3.63, 3.8) is 0 Å². The first-order valence-corrected chi connectivity index (χ1v) is 20.7. The van der Waals surface area contributed by atoms with E-state index in [0.717, 1.165) is 0 Å². The molecule has 0 aliphatic heterocycles. The summed E-state index contributed by atoms with van der Waals surface area (Å²) in [5.74, 6) is 0. The summed E-state index contributed by atoms with van der Waals surface area (Å²) in [6.07, 6.45) is 5.00. The van der Waals surface area contributed by atoms with Crippen LogP contribution in [0, 0.1) is 0 Å². The molecule has 0 bridgehead atoms. The molecule has 0 heterocycles. The van der Waals surface area contributed by atoms with Gasteiger partial charge in [-0.15, -0.1) is 0 Å². The smallest absolute Gasteiger partial charge is 0.000742 e. The van der Waals surface area contributed by atoms with Crippen LogP contribution in [-0.2, 0) is 10.8 Å². The van der Waals surface area contributed by atoms with Gasteiger partial charge in [-0.25, -0.2) is 0 Å². The van der Waals surface area contributed by atoms with Crippen molar-refractivity contribution in [1.29, 1.82) is 0 Å². The number of benzene rings is 10. The highest BCUT2D eigenvalue weighted by Gasteiger charge is 2.29. The molecule has 0 N–H and O–H groups in total. The molecule has 0 radical (unpaired) electrons. The van der Waals surface area contributed by atoms with Crippen LogP contribution in [0.3, 0.4) is 0 Å². The number of rotatable bonds is 6. The Hall–Kier alpha value is -6.50. The average molecular weight is 745 g/mol. The molecule has 0 amide bonds. The van der Waals surface area contributed by atoms with Crippen LogP contribution in [-0.4, -0.2) is 0 Å². The Labute approximate surface area is 342 Å². The van der Waals surface area contributed by atoms with E-state index >= 15 is 0 Å². The second-order valence-electron chi connectivity index (χ2n) is 18.1. The van der Waals surface area contributed by atoms with Crippen LogP contribution in [0.2, 0.25) is 0 Å². The fourth-order valence-electron chi connectivity index (χ4n) is 9.61. The van der Waals surface area contributed by atoms with E-state index in [2.05, 4.69) is 224 Å². The third-order valence-corrected chi connectivity index (χ3v) is 12.3. The largest absolute Gasteiger partial charge is 0.0622 e. The highest BCUT2D eigenvalue weighted by atomic mass is 14.3. The van der Waals surface area contributed by atoms with E-state index in [1.54, 1.807) is 0 Å². The minimum Gasteiger partial charge on any atom is -0.0622 e. The highest BCUT2D eigenvalue weighted by Crippen LogP contribution is 2.52. The van der Waals surface area contributed by atoms with E-state index in [9.17, 15) is 0 Å². The van der Waals surface area contributed by atoms with E-state index < -0.39 is 0 Å². The predicted octanol–water partition coefficient (Wildman–Crippen LogP) is 16.1. The first kappa shape index (κ1) is 35.9. The van der Waals surface area contributed by atoms with E-state index in [4.69, 9.17) is 0 Å². The van der Waals surface area contributed by atoms with Crippen LogP contribution in [0.1, 0.15) is 86.1 Å². The second-order valence-corrected chi connectivity index (χ2v) is 18.1. The molecule has 0 unspecified atom stereocenters. The molecule has 280 valence electrons. The van der Waals surface area contributed by atoms with Crippen LogP contribution >= 0.6 is 0 Å². The molecule has 0 spiro atoms. The molecule has 58 heavy (non-hydrogen) atoms. The molecular weight excluding hydrogens is 697 g/mol. The molecule has 0 saturated heterocycles. The molecule has 0 heteroatoms. The summed E-state index contributed by atoms with van der Waals surface area (Å²) in [5, 5.41) is 13.3. The standard InChI is InChI=1S/C58H48/c1-57(2,3)51-35-49-47(33-45(37-21-11-7-12-22-37)38-23-13-8-14-24-38)42-30-20-32-44-52(58(4,5)6)36-50-48(41-29-19-31-43(51)53(41)55(49)56(50)54(42)44)34-46(39-25-15-9-16-26-39)40-27-17-10-18-28-40/h7-36H,1-6H3. The maximum atomic E-state index is 2.55. The summed E-state index contributed by atoms with van der Waals surface area (Å²) in [7, 11) is 0. The fourth-order valence-corrected chi connectivity index (χ4v) is 9.61. The van der Waals surface area contributed by atoms with Crippen LogP contribution in [0.25, 0.3) is 77.2 Å². The van der Waals surface area contributed by atoms with Gasteiger partial charge in [0.05, 0.1) is 0 Å². The molecule has 0 nitrogen and oxygen atoms in total. The first-order valence-electron chi connectivity index (χ1n) is 20.7. The zero-order valence-electron chi connectivity index (χ0n) is 34.3. The van der Waals surface area contributed by atoms with E-state index in [-0.39, 0.29) is 10.8 Å². The van der Waals surface area contributed by atoms with Crippen molar-refractivity contribution in [2.75, 3.05) is 0 Å². The van der Waals surface area contributed by atoms with Crippen molar-refractivity contribution in [1.82, 2.24) is 0 Å². The molecule has 0 saturated carbocycles. The topological polar surface area (TPSA) is 0 Å². The monoisotopic (exact) mass is 744 g/mol. The van der Waals surface area contributed by atoms with Crippen LogP contribution in [0.4, 0.5) is 0 Å². The Kier molecular flexibility index (Phi) is 8.39. The molecule has 10 aromatic rings. The van der Waals surface area contributed by atoms with Gasteiger partial charge in [0.1, 0.15) is 0 Å². The van der Waals surface area contributed by atoms with Gasteiger partial charge >= 0.3 is 0 Å². The lowest BCUT2D eigenvalue weighted by Gasteiger charge is -2.30. The van der Waals surface area contributed by atoms with Crippen molar-refractivity contribution < 1.29 is 0 Å². The zero-order valence-corrected chi connectivity index (χ0v) is 34.3. The molecular formula is C58H48. The minimum absolute atomic E-state index is 0.0952. The Balaban J connectivity index is 1.48. The lowest BCUT2D eigenvalue weighted by molar-refractivity contribution is 0.596. The number of hydrogen-bond donors (Lipinski definition) is 0. The average Bonchev–Trinajstić information content (AvgIpc) is 3.24. The van der Waals surface area contributed by atoms with Gasteiger partial charge in [-0.05, 0) is 145 Å². The Bertz CT molecular complexity index is 2870. The van der Waals surface area contributed by atoms with Crippen molar-refractivity contribution >= 4 is 77.2 Å². The summed E-state index contributed by atoms with van der Waals surface area (Å²) >= 11 is 0. The van der Waals surface area contributed by atoms with Gasteiger partial charge < -0.3 is 0 Å². The van der Waals surface area contributed by atoms with E-state index in [0.29, 0.717) is 0 Å². The molecule has 0 fully saturated rings. The minimum atomic E-state index is -0.0952. The lowest BCUT2D eigenvalue weighted by atomic mass is 9.74. The van der Waals surface area contributed by atoms with Gasteiger partial charge in [0, 0.05) is 0 Å². The first-order chi connectivity index (χ1) is 28.1. The van der Waals surface area contributed by atoms with Crippen LogP contribution < -0.4 is 0 Å².